The molecule has 11 heteroatoms. The van der Waals surface area contributed by atoms with E-state index in [-0.39, 0.29) is 17.6 Å². The maximum Gasteiger partial charge on any atom is 0.326 e. The quantitative estimate of drug-likeness (QED) is 0.737. The Hall–Kier alpha value is -2.53. The molecule has 3 rings (SSSR count). The summed E-state index contributed by atoms with van der Waals surface area (Å²) >= 11 is 0. The van der Waals surface area contributed by atoms with Gasteiger partial charge in [0.15, 0.2) is 0 Å². The third-order valence-corrected chi connectivity index (χ3v) is 5.97. The molecule has 0 spiro atoms. The van der Waals surface area contributed by atoms with Gasteiger partial charge in [-0.3, -0.25) is 9.36 Å². The molecular weight excluding hydrogens is 374 g/mol. The summed E-state index contributed by atoms with van der Waals surface area (Å²) in [4.78, 5) is 32.1. The number of carboxylic acids is 1. The number of rotatable bonds is 5. The molecule has 1 saturated heterocycles. The molecule has 3 heterocycles. The third kappa shape index (κ3) is 4.08. The first-order chi connectivity index (χ1) is 12.7. The van der Waals surface area contributed by atoms with Gasteiger partial charge in [0, 0.05) is 36.8 Å². The lowest BCUT2D eigenvalue weighted by Crippen LogP contribution is -2.42. The van der Waals surface area contributed by atoms with E-state index in [1.54, 1.807) is 6.07 Å². The number of nitrogens with zero attached hydrogens (tertiary/aromatic N) is 4. The van der Waals surface area contributed by atoms with Gasteiger partial charge >= 0.3 is 5.97 Å². The fourth-order valence-corrected chi connectivity index (χ4v) is 3.98. The van der Waals surface area contributed by atoms with Gasteiger partial charge in [-0.25, -0.2) is 22.5 Å². The molecule has 0 saturated carbocycles. The number of hydrogen-bond acceptors (Lipinski definition) is 7. The Morgan fingerprint density at radius 3 is 2.59 bits per heavy atom. The SMILES string of the molecule is CC(C(=O)O)n1c(=O)ccc2cnc(NC3CCN(S(C)(=O)=O)CC3)nc21. The largest absolute Gasteiger partial charge is 0.480 e. The second kappa shape index (κ2) is 7.24. The normalized spacial score (nSPS) is 17.7. The van der Waals surface area contributed by atoms with E-state index in [1.807, 2.05) is 0 Å². The van der Waals surface area contributed by atoms with Crippen LogP contribution in [0.25, 0.3) is 11.0 Å². The van der Waals surface area contributed by atoms with Crippen molar-refractivity contribution in [1.82, 2.24) is 18.8 Å². The van der Waals surface area contributed by atoms with E-state index in [4.69, 9.17) is 0 Å². The second-order valence-electron chi connectivity index (χ2n) is 6.61. The van der Waals surface area contributed by atoms with Gasteiger partial charge in [-0.05, 0) is 25.8 Å². The van der Waals surface area contributed by atoms with Crippen molar-refractivity contribution < 1.29 is 18.3 Å². The topological polar surface area (TPSA) is 134 Å². The molecule has 1 aliphatic rings. The Bertz CT molecular complexity index is 1030. The van der Waals surface area contributed by atoms with E-state index in [0.717, 1.165) is 4.57 Å². The Balaban J connectivity index is 1.86. The van der Waals surface area contributed by atoms with Gasteiger partial charge < -0.3 is 10.4 Å². The number of sulfonamides is 1. The van der Waals surface area contributed by atoms with Crippen LogP contribution in [0, 0.1) is 0 Å². The molecule has 146 valence electrons. The Morgan fingerprint density at radius 2 is 2.00 bits per heavy atom. The first-order valence-electron chi connectivity index (χ1n) is 8.49. The number of carboxylic acid groups (broad SMARTS) is 1. The molecule has 0 amide bonds. The van der Waals surface area contributed by atoms with Crippen molar-refractivity contribution in [1.29, 1.82) is 0 Å². The molecule has 0 bridgehead atoms. The van der Waals surface area contributed by atoms with Crippen molar-refractivity contribution in [3.63, 3.8) is 0 Å². The van der Waals surface area contributed by atoms with Crippen molar-refractivity contribution in [3.8, 4) is 0 Å². The minimum atomic E-state index is -3.20. The molecule has 1 unspecified atom stereocenters. The first-order valence-corrected chi connectivity index (χ1v) is 10.3. The lowest BCUT2D eigenvalue weighted by molar-refractivity contribution is -0.140. The zero-order chi connectivity index (χ0) is 19.8. The molecule has 0 radical (unpaired) electrons. The highest BCUT2D eigenvalue weighted by atomic mass is 32.2. The smallest absolute Gasteiger partial charge is 0.326 e. The van der Waals surface area contributed by atoms with Gasteiger partial charge in [-0.1, -0.05) is 0 Å². The molecule has 2 N–H and O–H groups in total. The zero-order valence-electron chi connectivity index (χ0n) is 15.0. The lowest BCUT2D eigenvalue weighted by atomic mass is 10.1. The van der Waals surface area contributed by atoms with Gasteiger partial charge in [0.25, 0.3) is 5.56 Å². The number of piperidine rings is 1. The molecule has 1 fully saturated rings. The predicted molar refractivity (Wildman–Crippen MR) is 99.2 cm³/mol. The average molecular weight is 395 g/mol. The molecule has 1 aliphatic heterocycles. The van der Waals surface area contributed by atoms with Gasteiger partial charge in [-0.15, -0.1) is 0 Å². The highest BCUT2D eigenvalue weighted by Crippen LogP contribution is 2.19. The van der Waals surface area contributed by atoms with E-state index in [2.05, 4.69) is 15.3 Å². The Morgan fingerprint density at radius 1 is 1.33 bits per heavy atom. The van der Waals surface area contributed by atoms with Crippen LogP contribution in [0.5, 0.6) is 0 Å². The van der Waals surface area contributed by atoms with E-state index < -0.39 is 27.6 Å². The summed E-state index contributed by atoms with van der Waals surface area (Å²) in [6.45, 7) is 2.23. The summed E-state index contributed by atoms with van der Waals surface area (Å²) < 4.78 is 25.7. The van der Waals surface area contributed by atoms with Crippen molar-refractivity contribution in [2.75, 3.05) is 24.7 Å². The number of aromatic nitrogens is 3. The van der Waals surface area contributed by atoms with Crippen LogP contribution in [0.2, 0.25) is 0 Å². The molecule has 0 aromatic carbocycles. The van der Waals surface area contributed by atoms with Crippen LogP contribution < -0.4 is 10.9 Å². The number of fused-ring (bicyclic) bond motifs is 1. The average Bonchev–Trinajstić information content (AvgIpc) is 2.60. The monoisotopic (exact) mass is 395 g/mol. The minimum absolute atomic E-state index is 0.0127. The third-order valence-electron chi connectivity index (χ3n) is 4.67. The fraction of sp³-hybridized carbons (Fsp3) is 0.500. The van der Waals surface area contributed by atoms with Crippen LogP contribution in [0.15, 0.2) is 23.1 Å². The number of hydrogen-bond donors (Lipinski definition) is 2. The van der Waals surface area contributed by atoms with E-state index >= 15 is 0 Å². The minimum Gasteiger partial charge on any atom is -0.480 e. The number of pyridine rings is 1. The maximum absolute atomic E-state index is 12.2. The highest BCUT2D eigenvalue weighted by Gasteiger charge is 2.25. The van der Waals surface area contributed by atoms with E-state index in [0.29, 0.717) is 31.3 Å². The van der Waals surface area contributed by atoms with Crippen molar-refractivity contribution >= 4 is 33.0 Å². The van der Waals surface area contributed by atoms with Gasteiger partial charge in [0.05, 0.1) is 6.26 Å². The molecular formula is C16H21N5O5S. The Labute approximate surface area is 155 Å². The zero-order valence-corrected chi connectivity index (χ0v) is 15.8. The van der Waals surface area contributed by atoms with Gasteiger partial charge in [-0.2, -0.15) is 4.98 Å². The maximum atomic E-state index is 12.2. The molecule has 1 atom stereocenters. The summed E-state index contributed by atoms with van der Waals surface area (Å²) in [5.74, 6) is -0.858. The van der Waals surface area contributed by atoms with Crippen molar-refractivity contribution in [2.24, 2.45) is 0 Å². The molecule has 27 heavy (non-hydrogen) atoms. The number of nitrogens with one attached hydrogen (secondary N) is 1. The second-order valence-corrected chi connectivity index (χ2v) is 8.59. The highest BCUT2D eigenvalue weighted by molar-refractivity contribution is 7.88. The van der Waals surface area contributed by atoms with E-state index in [9.17, 15) is 23.1 Å². The number of aliphatic carboxylic acids is 1. The van der Waals surface area contributed by atoms with E-state index in [1.165, 1.54) is 29.7 Å². The van der Waals surface area contributed by atoms with Gasteiger partial charge in [0.1, 0.15) is 11.7 Å². The Kier molecular flexibility index (Phi) is 5.16. The molecule has 10 nitrogen and oxygen atoms in total. The molecule has 2 aromatic heterocycles. The number of anilines is 1. The van der Waals surface area contributed by atoms with Crippen LogP contribution in [-0.4, -0.2) is 63.7 Å². The van der Waals surface area contributed by atoms with Crippen LogP contribution in [0.1, 0.15) is 25.8 Å². The predicted octanol–water partition coefficient (Wildman–Crippen LogP) is 0.273. The van der Waals surface area contributed by atoms with Crippen molar-refractivity contribution in [2.45, 2.75) is 31.8 Å². The van der Waals surface area contributed by atoms with Gasteiger partial charge in [0.2, 0.25) is 16.0 Å². The summed E-state index contributed by atoms with van der Waals surface area (Å²) in [6.07, 6.45) is 3.92. The summed E-state index contributed by atoms with van der Waals surface area (Å²) in [5, 5.41) is 13.0. The standard InChI is InChI=1S/C16H21N5O5S/c1-10(15(23)24)21-13(22)4-3-11-9-17-16(19-14(11)21)18-12-5-7-20(8-6-12)27(2,25)26/h3-4,9-10,12H,5-8H2,1-2H3,(H,23,24)(H,17,18,19). The van der Waals surface area contributed by atoms with Crippen LogP contribution in [0.3, 0.4) is 0 Å². The molecule has 2 aromatic rings. The lowest BCUT2D eigenvalue weighted by Gasteiger charge is -2.30. The molecule has 0 aliphatic carbocycles. The number of carbonyl (C=O) groups is 1. The fourth-order valence-electron chi connectivity index (χ4n) is 3.11. The van der Waals surface area contributed by atoms with Crippen LogP contribution >= 0.6 is 0 Å². The summed E-state index contributed by atoms with van der Waals surface area (Å²) in [5.41, 5.74) is -0.216. The summed E-state index contributed by atoms with van der Waals surface area (Å²) in [7, 11) is -3.20. The van der Waals surface area contributed by atoms with Crippen molar-refractivity contribution in [3.05, 3.63) is 28.7 Å². The van der Waals surface area contributed by atoms with Crippen LogP contribution in [0.4, 0.5) is 5.95 Å². The summed E-state index contributed by atoms with van der Waals surface area (Å²) in [6, 6.07) is 1.76. The van der Waals surface area contributed by atoms with Crippen LogP contribution in [-0.2, 0) is 14.8 Å². The first kappa shape index (κ1) is 19.2.